The van der Waals surface area contributed by atoms with Gasteiger partial charge >= 0.3 is 0 Å². The van der Waals surface area contributed by atoms with Gasteiger partial charge in [0, 0.05) is 23.8 Å². The van der Waals surface area contributed by atoms with Gasteiger partial charge in [-0.25, -0.2) is 4.98 Å². The van der Waals surface area contributed by atoms with Crippen molar-refractivity contribution in [1.29, 1.82) is 0 Å². The summed E-state index contributed by atoms with van der Waals surface area (Å²) >= 11 is 1.54. The molecule has 4 nitrogen and oxygen atoms in total. The van der Waals surface area contributed by atoms with Crippen LogP contribution in [0.2, 0.25) is 0 Å². The molecule has 2 rings (SSSR count). The average molecular weight is 225 g/mol. The highest BCUT2D eigenvalue weighted by molar-refractivity contribution is 7.15. The molecule has 1 aromatic heterocycles. The molecule has 1 aliphatic carbocycles. The number of hydrogen-bond acceptors (Lipinski definition) is 4. The van der Waals surface area contributed by atoms with Crippen LogP contribution in [0.15, 0.2) is 0 Å². The minimum Gasteiger partial charge on any atom is -0.375 e. The van der Waals surface area contributed by atoms with Crippen molar-refractivity contribution in [3.63, 3.8) is 0 Å². The number of hydrogen-bond donors (Lipinski definition) is 2. The van der Waals surface area contributed by atoms with Gasteiger partial charge in [0.15, 0.2) is 5.13 Å². The SMILES string of the molecule is CCC(=O)N[C@H]1CCc2nc(N)sc2C1. The molecule has 0 aromatic carbocycles. The van der Waals surface area contributed by atoms with Gasteiger partial charge in [0.25, 0.3) is 0 Å². The molecule has 1 aliphatic rings. The van der Waals surface area contributed by atoms with E-state index in [0.29, 0.717) is 11.6 Å². The number of nitrogen functional groups attached to an aromatic ring is 1. The van der Waals surface area contributed by atoms with E-state index in [-0.39, 0.29) is 11.9 Å². The van der Waals surface area contributed by atoms with Gasteiger partial charge in [0.05, 0.1) is 5.69 Å². The summed E-state index contributed by atoms with van der Waals surface area (Å²) in [6.45, 7) is 1.87. The molecule has 1 amide bonds. The molecule has 1 atom stereocenters. The second-order valence-electron chi connectivity index (χ2n) is 3.78. The van der Waals surface area contributed by atoms with E-state index in [4.69, 9.17) is 5.73 Å². The summed E-state index contributed by atoms with van der Waals surface area (Å²) in [6.07, 6.45) is 3.34. The first kappa shape index (κ1) is 10.4. The van der Waals surface area contributed by atoms with E-state index in [9.17, 15) is 4.79 Å². The van der Waals surface area contributed by atoms with Crippen LogP contribution in [0.5, 0.6) is 0 Å². The smallest absolute Gasteiger partial charge is 0.219 e. The Labute approximate surface area is 92.9 Å². The zero-order chi connectivity index (χ0) is 10.8. The third-order valence-electron chi connectivity index (χ3n) is 2.64. The van der Waals surface area contributed by atoms with Crippen LogP contribution in [0.4, 0.5) is 5.13 Å². The number of aryl methyl sites for hydroxylation is 1. The van der Waals surface area contributed by atoms with Gasteiger partial charge < -0.3 is 11.1 Å². The van der Waals surface area contributed by atoms with E-state index in [0.717, 1.165) is 25.0 Å². The number of amides is 1. The van der Waals surface area contributed by atoms with Crippen molar-refractivity contribution in [1.82, 2.24) is 10.3 Å². The minimum absolute atomic E-state index is 0.126. The summed E-state index contributed by atoms with van der Waals surface area (Å²) in [4.78, 5) is 16.8. The Morgan fingerprint density at radius 1 is 1.73 bits per heavy atom. The number of carbonyl (C=O) groups is 1. The van der Waals surface area contributed by atoms with Crippen LogP contribution < -0.4 is 11.1 Å². The Morgan fingerprint density at radius 2 is 2.53 bits per heavy atom. The Kier molecular flexibility index (Phi) is 2.90. The van der Waals surface area contributed by atoms with Crippen molar-refractivity contribution in [3.05, 3.63) is 10.6 Å². The van der Waals surface area contributed by atoms with Crippen molar-refractivity contribution in [2.75, 3.05) is 5.73 Å². The lowest BCUT2D eigenvalue weighted by molar-refractivity contribution is -0.121. The van der Waals surface area contributed by atoms with Gasteiger partial charge in [-0.05, 0) is 12.8 Å². The normalized spacial score (nSPS) is 19.7. The summed E-state index contributed by atoms with van der Waals surface area (Å²) in [5, 5.41) is 3.66. The van der Waals surface area contributed by atoms with Crippen molar-refractivity contribution >= 4 is 22.4 Å². The van der Waals surface area contributed by atoms with E-state index < -0.39 is 0 Å². The second-order valence-corrected chi connectivity index (χ2v) is 4.90. The van der Waals surface area contributed by atoms with Gasteiger partial charge in [-0.3, -0.25) is 4.79 Å². The largest absolute Gasteiger partial charge is 0.375 e. The Bertz CT molecular complexity index is 375. The highest BCUT2D eigenvalue weighted by Gasteiger charge is 2.22. The molecule has 82 valence electrons. The number of nitrogens with one attached hydrogen (secondary N) is 1. The van der Waals surface area contributed by atoms with E-state index in [2.05, 4.69) is 10.3 Å². The fourth-order valence-corrected chi connectivity index (χ4v) is 2.81. The number of carbonyl (C=O) groups excluding carboxylic acids is 1. The van der Waals surface area contributed by atoms with Crippen LogP contribution in [0.3, 0.4) is 0 Å². The Morgan fingerprint density at radius 3 is 3.27 bits per heavy atom. The first-order valence-corrected chi connectivity index (χ1v) is 6.04. The molecule has 0 aliphatic heterocycles. The van der Waals surface area contributed by atoms with Crippen LogP contribution in [-0.2, 0) is 17.6 Å². The quantitative estimate of drug-likeness (QED) is 0.792. The molecule has 1 aromatic rings. The number of nitrogens with zero attached hydrogens (tertiary/aromatic N) is 1. The van der Waals surface area contributed by atoms with Gasteiger partial charge in [-0.15, -0.1) is 11.3 Å². The summed E-state index contributed by atoms with van der Waals surface area (Å²) < 4.78 is 0. The van der Waals surface area contributed by atoms with Crippen LogP contribution in [0.1, 0.15) is 30.3 Å². The fourth-order valence-electron chi connectivity index (χ4n) is 1.85. The predicted molar refractivity (Wildman–Crippen MR) is 60.8 cm³/mol. The van der Waals surface area contributed by atoms with E-state index >= 15 is 0 Å². The zero-order valence-electron chi connectivity index (χ0n) is 8.75. The van der Waals surface area contributed by atoms with Crippen LogP contribution >= 0.6 is 11.3 Å². The van der Waals surface area contributed by atoms with Crippen LogP contribution in [0, 0.1) is 0 Å². The van der Waals surface area contributed by atoms with E-state index in [1.807, 2.05) is 6.92 Å². The predicted octanol–water partition coefficient (Wildman–Crippen LogP) is 1.11. The van der Waals surface area contributed by atoms with Crippen molar-refractivity contribution in [3.8, 4) is 0 Å². The molecular formula is C10H15N3OS. The molecule has 0 unspecified atom stereocenters. The zero-order valence-corrected chi connectivity index (χ0v) is 9.56. The molecular weight excluding hydrogens is 210 g/mol. The van der Waals surface area contributed by atoms with Gasteiger partial charge in [-0.1, -0.05) is 6.92 Å². The lowest BCUT2D eigenvalue weighted by Gasteiger charge is -2.21. The van der Waals surface area contributed by atoms with E-state index in [1.54, 1.807) is 11.3 Å². The van der Waals surface area contributed by atoms with Gasteiger partial charge in [0.2, 0.25) is 5.91 Å². The molecule has 15 heavy (non-hydrogen) atoms. The van der Waals surface area contributed by atoms with Crippen molar-refractivity contribution in [2.45, 2.75) is 38.6 Å². The number of nitrogens with two attached hydrogens (primary N) is 1. The first-order valence-electron chi connectivity index (χ1n) is 5.22. The summed E-state index contributed by atoms with van der Waals surface area (Å²) in [5.41, 5.74) is 6.78. The summed E-state index contributed by atoms with van der Waals surface area (Å²) in [6, 6.07) is 0.268. The number of aromatic nitrogens is 1. The maximum absolute atomic E-state index is 11.2. The fraction of sp³-hybridized carbons (Fsp3) is 0.600. The van der Waals surface area contributed by atoms with Gasteiger partial charge in [0.1, 0.15) is 0 Å². The Hall–Kier alpha value is -1.10. The first-order chi connectivity index (χ1) is 7.19. The van der Waals surface area contributed by atoms with Crippen LogP contribution in [-0.4, -0.2) is 16.9 Å². The molecule has 1 heterocycles. The van der Waals surface area contributed by atoms with E-state index in [1.165, 1.54) is 4.88 Å². The second kappa shape index (κ2) is 4.18. The maximum atomic E-state index is 11.2. The molecule has 0 saturated heterocycles. The maximum Gasteiger partial charge on any atom is 0.219 e. The van der Waals surface area contributed by atoms with Crippen molar-refractivity contribution in [2.24, 2.45) is 0 Å². The minimum atomic E-state index is 0.126. The molecule has 0 bridgehead atoms. The summed E-state index contributed by atoms with van der Waals surface area (Å²) in [7, 11) is 0. The number of thiazole rings is 1. The molecule has 0 saturated carbocycles. The monoisotopic (exact) mass is 225 g/mol. The third kappa shape index (κ3) is 2.28. The Balaban J connectivity index is 2.02. The topological polar surface area (TPSA) is 68.0 Å². The molecule has 5 heteroatoms. The lowest BCUT2D eigenvalue weighted by Crippen LogP contribution is -2.38. The number of fused-ring (bicyclic) bond motifs is 1. The average Bonchev–Trinajstić information content (AvgIpc) is 2.57. The molecule has 3 N–H and O–H groups in total. The third-order valence-corrected chi connectivity index (χ3v) is 3.59. The highest BCUT2D eigenvalue weighted by atomic mass is 32.1. The van der Waals surface area contributed by atoms with Gasteiger partial charge in [-0.2, -0.15) is 0 Å². The highest BCUT2D eigenvalue weighted by Crippen LogP contribution is 2.28. The standard InChI is InChI=1S/C10H15N3OS/c1-2-9(14)12-6-3-4-7-8(5-6)15-10(11)13-7/h6H,2-5H2,1H3,(H2,11,13)(H,12,14)/t6-/m0/s1. The molecule has 0 spiro atoms. The molecule has 0 radical (unpaired) electrons. The summed E-state index contributed by atoms with van der Waals surface area (Å²) in [5.74, 6) is 0.126. The number of rotatable bonds is 2. The number of anilines is 1. The van der Waals surface area contributed by atoms with Crippen molar-refractivity contribution < 1.29 is 4.79 Å². The molecule has 0 fully saturated rings. The van der Waals surface area contributed by atoms with Crippen LogP contribution in [0.25, 0.3) is 0 Å². The lowest BCUT2D eigenvalue weighted by atomic mass is 9.97.